The van der Waals surface area contributed by atoms with Crippen molar-refractivity contribution in [3.05, 3.63) is 29.1 Å². The highest BCUT2D eigenvalue weighted by Crippen LogP contribution is 2.11. The van der Waals surface area contributed by atoms with E-state index < -0.39 is 5.97 Å². The topological polar surface area (TPSA) is 56.3 Å². The van der Waals surface area contributed by atoms with Gasteiger partial charge in [0.25, 0.3) is 0 Å². The van der Waals surface area contributed by atoms with Gasteiger partial charge in [0.1, 0.15) is 0 Å². The number of rotatable bonds is 3. The molecule has 0 radical (unpaired) electrons. The average Bonchev–Trinajstić information content (AvgIpc) is 2.17. The number of carbonyl (C=O) groups excluding carboxylic acids is 2. The summed E-state index contributed by atoms with van der Waals surface area (Å²) >= 11 is 0. The second kappa shape index (κ2) is 4.50. The Morgan fingerprint density at radius 1 is 1.64 bits per heavy atom. The fourth-order valence-corrected chi connectivity index (χ4v) is 1.15. The van der Waals surface area contributed by atoms with Gasteiger partial charge >= 0.3 is 5.97 Å². The van der Waals surface area contributed by atoms with E-state index in [2.05, 4.69) is 4.98 Å². The van der Waals surface area contributed by atoms with Gasteiger partial charge in [-0.05, 0) is 19.9 Å². The van der Waals surface area contributed by atoms with Gasteiger partial charge in [0, 0.05) is 11.8 Å². The maximum absolute atomic E-state index is 11.4. The van der Waals surface area contributed by atoms with Crippen molar-refractivity contribution in [1.29, 1.82) is 0 Å². The van der Waals surface area contributed by atoms with Crippen molar-refractivity contribution in [2.75, 3.05) is 6.61 Å². The quantitative estimate of drug-likeness (QED) is 0.537. The number of aromatic nitrogens is 1. The minimum Gasteiger partial charge on any atom is -0.462 e. The van der Waals surface area contributed by atoms with E-state index in [0.29, 0.717) is 17.5 Å². The Labute approximate surface area is 81.9 Å². The van der Waals surface area contributed by atoms with Crippen molar-refractivity contribution in [2.45, 2.75) is 13.8 Å². The summed E-state index contributed by atoms with van der Waals surface area (Å²) in [5.41, 5.74) is 1.08. The zero-order chi connectivity index (χ0) is 10.6. The summed E-state index contributed by atoms with van der Waals surface area (Å²) in [5, 5.41) is 0. The van der Waals surface area contributed by atoms with Crippen molar-refractivity contribution >= 4 is 12.3 Å². The van der Waals surface area contributed by atoms with Crippen LogP contribution in [0.2, 0.25) is 0 Å². The van der Waals surface area contributed by atoms with Crippen LogP contribution in [-0.2, 0) is 4.74 Å². The fraction of sp³-hybridized carbons (Fsp3) is 0.300. The maximum Gasteiger partial charge on any atom is 0.340 e. The van der Waals surface area contributed by atoms with Crippen molar-refractivity contribution in [2.24, 2.45) is 0 Å². The number of aldehydes is 1. The maximum atomic E-state index is 11.4. The molecule has 0 unspecified atom stereocenters. The third kappa shape index (κ3) is 1.96. The molecule has 1 aromatic heterocycles. The molecule has 0 saturated heterocycles. The highest BCUT2D eigenvalue weighted by atomic mass is 16.5. The molecule has 0 amide bonds. The van der Waals surface area contributed by atoms with Gasteiger partial charge < -0.3 is 4.74 Å². The largest absolute Gasteiger partial charge is 0.462 e. The normalized spacial score (nSPS) is 9.57. The van der Waals surface area contributed by atoms with Gasteiger partial charge in [-0.1, -0.05) is 0 Å². The molecule has 1 aromatic rings. The zero-order valence-corrected chi connectivity index (χ0v) is 8.11. The Kier molecular flexibility index (Phi) is 3.34. The summed E-state index contributed by atoms with van der Waals surface area (Å²) in [6.45, 7) is 3.66. The van der Waals surface area contributed by atoms with Crippen molar-refractivity contribution < 1.29 is 14.3 Å². The Balaban J connectivity index is 3.16. The van der Waals surface area contributed by atoms with Crippen LogP contribution in [0.3, 0.4) is 0 Å². The van der Waals surface area contributed by atoms with Gasteiger partial charge in [0.15, 0.2) is 6.29 Å². The molecular formula is C10H11NO3. The van der Waals surface area contributed by atoms with Gasteiger partial charge in [-0.3, -0.25) is 9.78 Å². The second-order valence-corrected chi connectivity index (χ2v) is 2.70. The van der Waals surface area contributed by atoms with Gasteiger partial charge in [-0.2, -0.15) is 0 Å². The van der Waals surface area contributed by atoms with E-state index in [1.54, 1.807) is 13.8 Å². The highest BCUT2D eigenvalue weighted by molar-refractivity contribution is 5.99. The first-order valence-electron chi connectivity index (χ1n) is 4.28. The van der Waals surface area contributed by atoms with E-state index in [4.69, 9.17) is 4.74 Å². The van der Waals surface area contributed by atoms with Crippen LogP contribution in [0.4, 0.5) is 0 Å². The van der Waals surface area contributed by atoms with Gasteiger partial charge in [-0.15, -0.1) is 0 Å². The van der Waals surface area contributed by atoms with Crippen LogP contribution in [0.25, 0.3) is 0 Å². The van der Waals surface area contributed by atoms with Crippen LogP contribution in [0, 0.1) is 6.92 Å². The van der Waals surface area contributed by atoms with Crippen LogP contribution in [-0.4, -0.2) is 23.8 Å². The molecule has 0 N–H and O–H groups in total. The molecule has 0 aliphatic rings. The molecule has 0 atom stereocenters. The van der Waals surface area contributed by atoms with Crippen LogP contribution in [0.5, 0.6) is 0 Å². The predicted molar refractivity (Wildman–Crippen MR) is 50.3 cm³/mol. The highest BCUT2D eigenvalue weighted by Gasteiger charge is 2.15. The summed E-state index contributed by atoms with van der Waals surface area (Å²) in [4.78, 5) is 26.0. The zero-order valence-electron chi connectivity index (χ0n) is 8.11. The first-order valence-corrected chi connectivity index (χ1v) is 4.28. The smallest absolute Gasteiger partial charge is 0.340 e. The summed E-state index contributed by atoms with van der Waals surface area (Å²) < 4.78 is 4.81. The Hall–Kier alpha value is -1.71. The van der Waals surface area contributed by atoms with Gasteiger partial charge in [0.2, 0.25) is 0 Å². The number of ether oxygens (including phenoxy) is 1. The molecule has 74 valence electrons. The first-order chi connectivity index (χ1) is 6.70. The SMILES string of the molecule is CCOC(=O)c1c(C=O)ccnc1C. The average molecular weight is 193 g/mol. The molecule has 0 aliphatic carbocycles. The van der Waals surface area contributed by atoms with E-state index >= 15 is 0 Å². The number of pyridine rings is 1. The number of hydrogen-bond acceptors (Lipinski definition) is 4. The van der Waals surface area contributed by atoms with E-state index in [0.717, 1.165) is 0 Å². The summed E-state index contributed by atoms with van der Waals surface area (Å²) in [5.74, 6) is -0.500. The molecule has 0 aliphatic heterocycles. The molecule has 14 heavy (non-hydrogen) atoms. The monoisotopic (exact) mass is 193 g/mol. The van der Waals surface area contributed by atoms with E-state index in [9.17, 15) is 9.59 Å². The Morgan fingerprint density at radius 3 is 2.93 bits per heavy atom. The van der Waals surface area contributed by atoms with Crippen LogP contribution in [0.1, 0.15) is 33.3 Å². The minimum atomic E-state index is -0.500. The number of carbonyl (C=O) groups is 2. The molecular weight excluding hydrogens is 182 g/mol. The van der Waals surface area contributed by atoms with E-state index in [1.807, 2.05) is 0 Å². The number of hydrogen-bond donors (Lipinski definition) is 0. The number of esters is 1. The van der Waals surface area contributed by atoms with Crippen LogP contribution in [0.15, 0.2) is 12.3 Å². The molecule has 0 aromatic carbocycles. The summed E-state index contributed by atoms with van der Waals surface area (Å²) in [6.07, 6.45) is 2.11. The lowest BCUT2D eigenvalue weighted by Gasteiger charge is -2.06. The van der Waals surface area contributed by atoms with Crippen molar-refractivity contribution in [3.63, 3.8) is 0 Å². The van der Waals surface area contributed by atoms with Gasteiger partial charge in [0.05, 0.1) is 17.9 Å². The molecule has 4 nitrogen and oxygen atoms in total. The third-order valence-corrected chi connectivity index (χ3v) is 1.78. The summed E-state index contributed by atoms with van der Waals surface area (Å²) in [7, 11) is 0. The molecule has 4 heteroatoms. The second-order valence-electron chi connectivity index (χ2n) is 2.70. The van der Waals surface area contributed by atoms with Crippen LogP contribution >= 0.6 is 0 Å². The van der Waals surface area contributed by atoms with Crippen molar-refractivity contribution in [3.8, 4) is 0 Å². The first kappa shape index (κ1) is 10.4. The fourth-order valence-electron chi connectivity index (χ4n) is 1.15. The third-order valence-electron chi connectivity index (χ3n) is 1.78. The Bertz CT molecular complexity index is 360. The predicted octanol–water partition coefficient (Wildman–Crippen LogP) is 1.38. The molecule has 0 bridgehead atoms. The lowest BCUT2D eigenvalue weighted by Crippen LogP contribution is -2.11. The number of nitrogens with zero attached hydrogens (tertiary/aromatic N) is 1. The summed E-state index contributed by atoms with van der Waals surface area (Å²) in [6, 6.07) is 1.49. The van der Waals surface area contributed by atoms with Gasteiger partial charge in [-0.25, -0.2) is 4.79 Å². The standard InChI is InChI=1S/C10H11NO3/c1-3-14-10(13)9-7(2)11-5-4-8(9)6-12/h4-6H,3H2,1-2H3. The minimum absolute atomic E-state index is 0.254. The molecule has 0 fully saturated rings. The van der Waals surface area contributed by atoms with E-state index in [1.165, 1.54) is 12.3 Å². The lowest BCUT2D eigenvalue weighted by molar-refractivity contribution is 0.0522. The van der Waals surface area contributed by atoms with E-state index in [-0.39, 0.29) is 12.2 Å². The lowest BCUT2D eigenvalue weighted by atomic mass is 10.1. The molecule has 0 spiro atoms. The molecule has 1 heterocycles. The molecule has 1 rings (SSSR count). The van der Waals surface area contributed by atoms with Crippen LogP contribution < -0.4 is 0 Å². The molecule has 0 saturated carbocycles. The Morgan fingerprint density at radius 2 is 2.36 bits per heavy atom. The van der Waals surface area contributed by atoms with Crippen molar-refractivity contribution in [1.82, 2.24) is 4.98 Å². The number of aryl methyl sites for hydroxylation is 1.